The number of carbonyl (C=O) groups is 1. The molecule has 106 valence electrons. The summed E-state index contributed by atoms with van der Waals surface area (Å²) in [6.45, 7) is 0. The predicted molar refractivity (Wildman–Crippen MR) is 79.5 cm³/mol. The number of aryl methyl sites for hydroxylation is 1. The van der Waals surface area contributed by atoms with Gasteiger partial charge in [0.2, 0.25) is 0 Å². The number of para-hydroxylation sites is 1. The van der Waals surface area contributed by atoms with Crippen molar-refractivity contribution in [3.05, 3.63) is 54.0 Å². The van der Waals surface area contributed by atoms with E-state index in [1.165, 1.54) is 18.2 Å². The Morgan fingerprint density at radius 1 is 1.33 bits per heavy atom. The van der Waals surface area contributed by atoms with Crippen LogP contribution in [0.1, 0.15) is 10.4 Å². The zero-order valence-electron chi connectivity index (χ0n) is 11.3. The third-order valence-corrected chi connectivity index (χ3v) is 3.30. The molecule has 0 saturated carbocycles. The number of amides is 1. The largest absolute Gasteiger partial charge is 0.396 e. The summed E-state index contributed by atoms with van der Waals surface area (Å²) in [5.41, 5.74) is 7.03. The van der Waals surface area contributed by atoms with Gasteiger partial charge < -0.3 is 11.1 Å². The smallest absolute Gasteiger partial charge is 0.257 e. The van der Waals surface area contributed by atoms with Gasteiger partial charge in [0.05, 0.1) is 23.0 Å². The molecule has 0 saturated heterocycles. The molecule has 1 aromatic heterocycles. The second kappa shape index (κ2) is 4.90. The highest BCUT2D eigenvalue weighted by atomic mass is 19.1. The monoisotopic (exact) mass is 284 g/mol. The molecule has 21 heavy (non-hydrogen) atoms. The Morgan fingerprint density at radius 2 is 2.14 bits per heavy atom. The van der Waals surface area contributed by atoms with Crippen molar-refractivity contribution in [3.63, 3.8) is 0 Å². The molecule has 0 fully saturated rings. The summed E-state index contributed by atoms with van der Waals surface area (Å²) in [7, 11) is 1.82. The van der Waals surface area contributed by atoms with Crippen molar-refractivity contribution in [2.45, 2.75) is 0 Å². The summed E-state index contributed by atoms with van der Waals surface area (Å²) in [4.78, 5) is 12.2. The lowest BCUT2D eigenvalue weighted by molar-refractivity contribution is 0.102. The summed E-state index contributed by atoms with van der Waals surface area (Å²) in [5, 5.41) is 7.82. The SMILES string of the molecule is Cn1ncc2ccc(NC(=O)c3cccc(F)c3N)cc21. The van der Waals surface area contributed by atoms with Gasteiger partial charge in [0.25, 0.3) is 5.91 Å². The van der Waals surface area contributed by atoms with Gasteiger partial charge in [-0.25, -0.2) is 4.39 Å². The lowest BCUT2D eigenvalue weighted by Gasteiger charge is -2.08. The number of aromatic nitrogens is 2. The molecule has 1 heterocycles. The standard InChI is InChI=1S/C15H13FN4O/c1-20-13-7-10(6-5-9(13)8-18-20)19-15(21)11-3-2-4-12(16)14(11)17/h2-8H,17H2,1H3,(H,19,21). The van der Waals surface area contributed by atoms with E-state index in [0.29, 0.717) is 5.69 Å². The van der Waals surface area contributed by atoms with Gasteiger partial charge in [-0.3, -0.25) is 9.48 Å². The molecule has 0 aliphatic rings. The van der Waals surface area contributed by atoms with E-state index >= 15 is 0 Å². The van der Waals surface area contributed by atoms with Crippen LogP contribution in [0.3, 0.4) is 0 Å². The van der Waals surface area contributed by atoms with Crippen LogP contribution < -0.4 is 11.1 Å². The number of nitrogen functional groups attached to an aromatic ring is 1. The van der Waals surface area contributed by atoms with Gasteiger partial charge in [0.15, 0.2) is 0 Å². The lowest BCUT2D eigenvalue weighted by atomic mass is 10.1. The molecule has 0 unspecified atom stereocenters. The fourth-order valence-corrected chi connectivity index (χ4v) is 2.16. The number of rotatable bonds is 2. The molecule has 0 aliphatic carbocycles. The number of nitrogens with zero attached hydrogens (tertiary/aromatic N) is 2. The number of hydrogen-bond donors (Lipinski definition) is 2. The van der Waals surface area contributed by atoms with E-state index in [1.54, 1.807) is 23.0 Å². The molecular weight excluding hydrogens is 271 g/mol. The minimum atomic E-state index is -0.607. The summed E-state index contributed by atoms with van der Waals surface area (Å²) in [5.74, 6) is -1.06. The van der Waals surface area contributed by atoms with Crippen molar-refractivity contribution in [1.82, 2.24) is 9.78 Å². The van der Waals surface area contributed by atoms with E-state index in [0.717, 1.165) is 10.9 Å². The predicted octanol–water partition coefficient (Wildman–Crippen LogP) is 2.55. The quantitative estimate of drug-likeness (QED) is 0.710. The van der Waals surface area contributed by atoms with E-state index in [9.17, 15) is 9.18 Å². The first kappa shape index (κ1) is 13.1. The Kier molecular flexibility index (Phi) is 3.06. The second-order valence-corrected chi connectivity index (χ2v) is 4.70. The van der Waals surface area contributed by atoms with E-state index < -0.39 is 11.7 Å². The first-order chi connectivity index (χ1) is 10.1. The molecular formula is C15H13FN4O. The molecule has 0 spiro atoms. The van der Waals surface area contributed by atoms with Crippen molar-refractivity contribution in [2.75, 3.05) is 11.1 Å². The third kappa shape index (κ3) is 2.31. The summed E-state index contributed by atoms with van der Waals surface area (Å²) in [6.07, 6.45) is 1.74. The van der Waals surface area contributed by atoms with Crippen LogP contribution >= 0.6 is 0 Å². The average Bonchev–Trinajstić information content (AvgIpc) is 2.83. The molecule has 0 radical (unpaired) electrons. The maximum absolute atomic E-state index is 13.4. The number of nitrogens with one attached hydrogen (secondary N) is 1. The Bertz CT molecular complexity index is 841. The number of anilines is 2. The Labute approximate surface area is 120 Å². The van der Waals surface area contributed by atoms with Crippen molar-refractivity contribution < 1.29 is 9.18 Å². The van der Waals surface area contributed by atoms with Gasteiger partial charge in [0.1, 0.15) is 5.82 Å². The van der Waals surface area contributed by atoms with Crippen LogP contribution in [-0.2, 0) is 7.05 Å². The molecule has 6 heteroatoms. The molecule has 0 atom stereocenters. The molecule has 0 bridgehead atoms. The van der Waals surface area contributed by atoms with Gasteiger partial charge in [-0.1, -0.05) is 6.07 Å². The third-order valence-electron chi connectivity index (χ3n) is 3.30. The van der Waals surface area contributed by atoms with Gasteiger partial charge in [-0.15, -0.1) is 0 Å². The van der Waals surface area contributed by atoms with Crippen LogP contribution in [-0.4, -0.2) is 15.7 Å². The molecule has 3 rings (SSSR count). The Balaban J connectivity index is 1.92. The van der Waals surface area contributed by atoms with Crippen LogP contribution in [0, 0.1) is 5.82 Å². The number of benzene rings is 2. The zero-order chi connectivity index (χ0) is 15.0. The number of nitrogens with two attached hydrogens (primary N) is 1. The first-order valence-electron chi connectivity index (χ1n) is 6.33. The normalized spacial score (nSPS) is 10.8. The highest BCUT2D eigenvalue weighted by Crippen LogP contribution is 2.21. The van der Waals surface area contributed by atoms with E-state index in [2.05, 4.69) is 10.4 Å². The fraction of sp³-hybridized carbons (Fsp3) is 0.0667. The first-order valence-corrected chi connectivity index (χ1v) is 6.33. The molecule has 0 aliphatic heterocycles. The highest BCUT2D eigenvalue weighted by molar-refractivity contribution is 6.08. The maximum atomic E-state index is 13.4. The van der Waals surface area contributed by atoms with E-state index in [1.807, 2.05) is 13.1 Å². The van der Waals surface area contributed by atoms with Crippen LogP contribution in [0.2, 0.25) is 0 Å². The van der Waals surface area contributed by atoms with Crippen LogP contribution in [0.15, 0.2) is 42.6 Å². The number of carbonyl (C=O) groups excluding carboxylic acids is 1. The van der Waals surface area contributed by atoms with Crippen molar-refractivity contribution in [2.24, 2.45) is 7.05 Å². The van der Waals surface area contributed by atoms with Gasteiger partial charge in [-0.2, -0.15) is 5.10 Å². The zero-order valence-corrected chi connectivity index (χ0v) is 11.3. The van der Waals surface area contributed by atoms with Crippen LogP contribution in [0.5, 0.6) is 0 Å². The lowest BCUT2D eigenvalue weighted by Crippen LogP contribution is -2.14. The number of hydrogen-bond acceptors (Lipinski definition) is 3. The van der Waals surface area contributed by atoms with Crippen LogP contribution in [0.4, 0.5) is 15.8 Å². The molecule has 3 aromatic rings. The minimum Gasteiger partial charge on any atom is -0.396 e. The second-order valence-electron chi connectivity index (χ2n) is 4.70. The average molecular weight is 284 g/mol. The van der Waals surface area contributed by atoms with Gasteiger partial charge in [-0.05, 0) is 30.3 Å². The summed E-state index contributed by atoms with van der Waals surface area (Å²) >= 11 is 0. The fourth-order valence-electron chi connectivity index (χ4n) is 2.16. The Morgan fingerprint density at radius 3 is 2.95 bits per heavy atom. The van der Waals surface area contributed by atoms with Crippen molar-refractivity contribution in [3.8, 4) is 0 Å². The van der Waals surface area contributed by atoms with Gasteiger partial charge in [0, 0.05) is 18.1 Å². The topological polar surface area (TPSA) is 72.9 Å². The van der Waals surface area contributed by atoms with Gasteiger partial charge >= 0.3 is 0 Å². The minimum absolute atomic E-state index is 0.111. The summed E-state index contributed by atoms with van der Waals surface area (Å²) in [6, 6.07) is 9.56. The molecule has 2 aromatic carbocycles. The van der Waals surface area contributed by atoms with E-state index in [4.69, 9.17) is 5.73 Å². The van der Waals surface area contributed by atoms with Crippen LogP contribution in [0.25, 0.3) is 10.9 Å². The maximum Gasteiger partial charge on any atom is 0.257 e. The number of halogens is 1. The van der Waals surface area contributed by atoms with Crippen molar-refractivity contribution >= 4 is 28.2 Å². The number of fused-ring (bicyclic) bond motifs is 1. The molecule has 3 N–H and O–H groups in total. The summed E-state index contributed by atoms with van der Waals surface area (Å²) < 4.78 is 15.1. The Hall–Kier alpha value is -2.89. The molecule has 5 nitrogen and oxygen atoms in total. The van der Waals surface area contributed by atoms with Crippen molar-refractivity contribution in [1.29, 1.82) is 0 Å². The molecule has 1 amide bonds. The van der Waals surface area contributed by atoms with E-state index in [-0.39, 0.29) is 11.3 Å². The highest BCUT2D eigenvalue weighted by Gasteiger charge is 2.13.